The molecule has 0 saturated heterocycles. The van der Waals surface area contributed by atoms with Crippen molar-refractivity contribution in [1.29, 1.82) is 0 Å². The van der Waals surface area contributed by atoms with Crippen LogP contribution in [0.1, 0.15) is 24.2 Å². The topological polar surface area (TPSA) is 43.4 Å². The number of aryl methyl sites for hydroxylation is 1. The number of ether oxygens (including phenoxy) is 2. The summed E-state index contributed by atoms with van der Waals surface area (Å²) in [5.74, 6) is 0. The van der Waals surface area contributed by atoms with Gasteiger partial charge in [-0.3, -0.25) is 4.98 Å². The molecule has 0 radical (unpaired) electrons. The first-order chi connectivity index (χ1) is 8.27. The molecule has 1 heterocycles. The molecule has 0 aliphatic rings. The minimum atomic E-state index is 0.199. The van der Waals surface area contributed by atoms with Crippen molar-refractivity contribution in [2.45, 2.75) is 19.9 Å². The van der Waals surface area contributed by atoms with Crippen molar-refractivity contribution in [3.05, 3.63) is 29.6 Å². The molecule has 1 N–H and O–H groups in total. The Balaban J connectivity index is 2.49. The number of methoxy groups -OCH3 is 1. The van der Waals surface area contributed by atoms with Gasteiger partial charge in [0.1, 0.15) is 0 Å². The van der Waals surface area contributed by atoms with Crippen LogP contribution in [0.25, 0.3) is 0 Å². The van der Waals surface area contributed by atoms with Crippen LogP contribution in [0.2, 0.25) is 0 Å². The largest absolute Gasteiger partial charge is 0.382 e. The molecule has 1 rings (SSSR count). The van der Waals surface area contributed by atoms with E-state index < -0.39 is 0 Å². The molecule has 1 atom stereocenters. The predicted molar refractivity (Wildman–Crippen MR) is 68.1 cm³/mol. The summed E-state index contributed by atoms with van der Waals surface area (Å²) >= 11 is 0. The third-order valence-electron chi connectivity index (χ3n) is 2.50. The average Bonchev–Trinajstić information content (AvgIpc) is 2.34. The van der Waals surface area contributed by atoms with Crippen LogP contribution in [0, 0.1) is 6.92 Å². The van der Waals surface area contributed by atoms with Crippen molar-refractivity contribution in [3.8, 4) is 0 Å². The van der Waals surface area contributed by atoms with Crippen molar-refractivity contribution < 1.29 is 9.47 Å². The van der Waals surface area contributed by atoms with Gasteiger partial charge in [0.05, 0.1) is 25.9 Å². The highest BCUT2D eigenvalue weighted by molar-refractivity contribution is 5.17. The van der Waals surface area contributed by atoms with E-state index >= 15 is 0 Å². The number of pyridine rings is 1. The lowest BCUT2D eigenvalue weighted by atomic mass is 10.1. The molecule has 96 valence electrons. The summed E-state index contributed by atoms with van der Waals surface area (Å²) in [5.41, 5.74) is 2.19. The SMILES string of the molecule is CCNC(COCCOC)c1ccc(C)nc1. The van der Waals surface area contributed by atoms with Crippen LogP contribution in [0.5, 0.6) is 0 Å². The monoisotopic (exact) mass is 238 g/mol. The summed E-state index contributed by atoms with van der Waals surface area (Å²) in [6, 6.07) is 4.31. The van der Waals surface area contributed by atoms with Crippen LogP contribution >= 0.6 is 0 Å². The maximum absolute atomic E-state index is 5.56. The fourth-order valence-corrected chi connectivity index (χ4v) is 1.55. The molecule has 0 amide bonds. The Morgan fingerprint density at radius 2 is 2.18 bits per heavy atom. The molecule has 0 aliphatic heterocycles. The van der Waals surface area contributed by atoms with Crippen molar-refractivity contribution in [2.24, 2.45) is 0 Å². The molecule has 4 nitrogen and oxygen atoms in total. The lowest BCUT2D eigenvalue weighted by molar-refractivity contribution is 0.0587. The minimum absolute atomic E-state index is 0.199. The lowest BCUT2D eigenvalue weighted by Gasteiger charge is -2.18. The van der Waals surface area contributed by atoms with Gasteiger partial charge < -0.3 is 14.8 Å². The zero-order valence-corrected chi connectivity index (χ0v) is 10.9. The van der Waals surface area contributed by atoms with Gasteiger partial charge in [0.15, 0.2) is 0 Å². The van der Waals surface area contributed by atoms with Crippen molar-refractivity contribution >= 4 is 0 Å². The van der Waals surface area contributed by atoms with E-state index in [1.54, 1.807) is 7.11 Å². The van der Waals surface area contributed by atoms with Gasteiger partial charge in [-0.1, -0.05) is 13.0 Å². The fourth-order valence-electron chi connectivity index (χ4n) is 1.55. The van der Waals surface area contributed by atoms with Crippen LogP contribution in [-0.4, -0.2) is 38.5 Å². The van der Waals surface area contributed by atoms with Crippen molar-refractivity contribution in [1.82, 2.24) is 10.3 Å². The van der Waals surface area contributed by atoms with Crippen LogP contribution in [0.15, 0.2) is 18.3 Å². The maximum Gasteiger partial charge on any atom is 0.0701 e. The first kappa shape index (κ1) is 14.1. The van der Waals surface area contributed by atoms with Crippen LogP contribution in [0.4, 0.5) is 0 Å². The summed E-state index contributed by atoms with van der Waals surface area (Å²) in [5, 5.41) is 3.39. The molecule has 0 aliphatic carbocycles. The third kappa shape index (κ3) is 5.26. The highest BCUT2D eigenvalue weighted by Gasteiger charge is 2.10. The van der Waals surface area contributed by atoms with E-state index in [1.807, 2.05) is 19.2 Å². The minimum Gasteiger partial charge on any atom is -0.382 e. The van der Waals surface area contributed by atoms with Gasteiger partial charge in [-0.05, 0) is 25.1 Å². The molecule has 0 spiro atoms. The molecular formula is C13H22N2O2. The van der Waals surface area contributed by atoms with Gasteiger partial charge in [0.2, 0.25) is 0 Å². The van der Waals surface area contributed by atoms with Crippen LogP contribution in [0.3, 0.4) is 0 Å². The van der Waals surface area contributed by atoms with Gasteiger partial charge in [0.25, 0.3) is 0 Å². The molecule has 4 heteroatoms. The number of rotatable bonds is 8. The van der Waals surface area contributed by atoms with E-state index in [9.17, 15) is 0 Å². The number of likely N-dealkylation sites (N-methyl/N-ethyl adjacent to an activating group) is 1. The summed E-state index contributed by atoms with van der Waals surface area (Å²) in [6.45, 7) is 6.88. The number of hydrogen-bond donors (Lipinski definition) is 1. The van der Waals surface area contributed by atoms with E-state index in [0.717, 1.165) is 17.8 Å². The fraction of sp³-hybridized carbons (Fsp3) is 0.615. The van der Waals surface area contributed by atoms with E-state index in [4.69, 9.17) is 9.47 Å². The summed E-state index contributed by atoms with van der Waals surface area (Å²) in [4.78, 5) is 4.31. The Morgan fingerprint density at radius 1 is 1.35 bits per heavy atom. The Labute approximate surface area is 103 Å². The van der Waals surface area contributed by atoms with Crippen molar-refractivity contribution in [2.75, 3.05) is 33.5 Å². The normalized spacial score (nSPS) is 12.6. The second kappa shape index (κ2) is 8.17. The number of nitrogens with zero attached hydrogens (tertiary/aromatic N) is 1. The van der Waals surface area contributed by atoms with Gasteiger partial charge >= 0.3 is 0 Å². The van der Waals surface area contributed by atoms with Gasteiger partial charge in [-0.2, -0.15) is 0 Å². The third-order valence-corrected chi connectivity index (χ3v) is 2.50. The highest BCUT2D eigenvalue weighted by Crippen LogP contribution is 2.12. The van der Waals surface area contributed by atoms with E-state index in [0.29, 0.717) is 19.8 Å². The second-order valence-electron chi connectivity index (χ2n) is 3.91. The molecule has 1 unspecified atom stereocenters. The molecule has 0 saturated carbocycles. The van der Waals surface area contributed by atoms with Gasteiger partial charge in [0, 0.05) is 19.0 Å². The Hall–Kier alpha value is -0.970. The first-order valence-electron chi connectivity index (χ1n) is 6.00. The summed E-state index contributed by atoms with van der Waals surface area (Å²) in [6.07, 6.45) is 1.91. The van der Waals surface area contributed by atoms with E-state index in [-0.39, 0.29) is 6.04 Å². The molecule has 0 bridgehead atoms. The zero-order valence-electron chi connectivity index (χ0n) is 10.9. The molecule has 0 fully saturated rings. The predicted octanol–water partition coefficient (Wildman–Crippen LogP) is 1.70. The second-order valence-corrected chi connectivity index (χ2v) is 3.91. The first-order valence-corrected chi connectivity index (χ1v) is 6.00. The van der Waals surface area contributed by atoms with Crippen LogP contribution < -0.4 is 5.32 Å². The zero-order chi connectivity index (χ0) is 12.5. The van der Waals surface area contributed by atoms with Gasteiger partial charge in [-0.25, -0.2) is 0 Å². The maximum atomic E-state index is 5.56. The molecule has 1 aromatic rings. The standard InChI is InChI=1S/C13H22N2O2/c1-4-14-13(10-17-8-7-16-3)12-6-5-11(2)15-9-12/h5-6,9,13-14H,4,7-8,10H2,1-3H3. The lowest BCUT2D eigenvalue weighted by Crippen LogP contribution is -2.26. The van der Waals surface area contributed by atoms with Crippen molar-refractivity contribution in [3.63, 3.8) is 0 Å². The Bertz CT molecular complexity index is 301. The van der Waals surface area contributed by atoms with E-state index in [2.05, 4.69) is 23.3 Å². The van der Waals surface area contributed by atoms with Gasteiger partial charge in [-0.15, -0.1) is 0 Å². The summed E-state index contributed by atoms with van der Waals surface area (Å²) in [7, 11) is 1.68. The molecular weight excluding hydrogens is 216 g/mol. The molecule has 17 heavy (non-hydrogen) atoms. The quantitative estimate of drug-likeness (QED) is 0.700. The summed E-state index contributed by atoms with van der Waals surface area (Å²) < 4.78 is 10.5. The highest BCUT2D eigenvalue weighted by atomic mass is 16.5. The number of hydrogen-bond acceptors (Lipinski definition) is 4. The Kier molecular flexibility index (Phi) is 6.77. The number of aromatic nitrogens is 1. The molecule has 0 aromatic carbocycles. The smallest absolute Gasteiger partial charge is 0.0701 e. The van der Waals surface area contributed by atoms with Crippen LogP contribution in [-0.2, 0) is 9.47 Å². The number of nitrogens with one attached hydrogen (secondary N) is 1. The molecule has 1 aromatic heterocycles. The Morgan fingerprint density at radius 3 is 2.76 bits per heavy atom. The average molecular weight is 238 g/mol. The van der Waals surface area contributed by atoms with E-state index in [1.165, 1.54) is 0 Å².